The van der Waals surface area contributed by atoms with Crippen LogP contribution >= 0.6 is 11.6 Å². The van der Waals surface area contributed by atoms with Crippen molar-refractivity contribution in [2.45, 2.75) is 26.4 Å². The Morgan fingerprint density at radius 3 is 2.76 bits per heavy atom. The first-order chi connectivity index (χ1) is 10.1. The molecule has 2 aromatic carbocycles. The van der Waals surface area contributed by atoms with Crippen LogP contribution in [-0.2, 0) is 6.54 Å². The number of hydrogen-bond donors (Lipinski definition) is 1. The number of para-hydroxylation sites is 1. The lowest BCUT2D eigenvalue weighted by Gasteiger charge is -2.11. The Hall–Kier alpha value is -1.91. The molecule has 0 spiro atoms. The van der Waals surface area contributed by atoms with E-state index in [0.717, 1.165) is 33.9 Å². The summed E-state index contributed by atoms with van der Waals surface area (Å²) < 4.78 is 1.81. The Bertz CT molecular complexity index is 764. The molecule has 0 bridgehead atoms. The van der Waals surface area contributed by atoms with Crippen LogP contribution < -0.4 is 5.32 Å². The topological polar surface area (TPSA) is 42.7 Å². The van der Waals surface area contributed by atoms with Gasteiger partial charge in [-0.25, -0.2) is 4.68 Å². The van der Waals surface area contributed by atoms with Crippen LogP contribution in [0, 0.1) is 0 Å². The molecule has 1 heterocycles. The Labute approximate surface area is 128 Å². The maximum atomic E-state index is 6.38. The third-order valence-corrected chi connectivity index (χ3v) is 3.69. The van der Waals surface area contributed by atoms with E-state index in [1.807, 2.05) is 42.5 Å². The van der Waals surface area contributed by atoms with E-state index in [9.17, 15) is 0 Å². The minimum absolute atomic E-state index is 0.431. The van der Waals surface area contributed by atoms with Crippen molar-refractivity contribution in [3.05, 3.63) is 53.1 Å². The summed E-state index contributed by atoms with van der Waals surface area (Å²) in [5, 5.41) is 12.5. The second-order valence-corrected chi connectivity index (χ2v) is 5.71. The standard InChI is InChI=1S/C16H17ClN4/c1-11(2)18-10-12-7-8-13(9-14(12)17)21-16-6-4-3-5-15(16)19-20-21/h3-9,11,18H,10H2,1-2H3. The van der Waals surface area contributed by atoms with E-state index < -0.39 is 0 Å². The second kappa shape index (κ2) is 5.84. The normalized spacial score (nSPS) is 11.4. The molecule has 108 valence electrons. The monoisotopic (exact) mass is 300 g/mol. The van der Waals surface area contributed by atoms with Crippen molar-refractivity contribution in [2.75, 3.05) is 0 Å². The zero-order valence-corrected chi connectivity index (χ0v) is 12.8. The van der Waals surface area contributed by atoms with Gasteiger partial charge in [0, 0.05) is 17.6 Å². The van der Waals surface area contributed by atoms with E-state index in [0.29, 0.717) is 6.04 Å². The molecule has 4 nitrogen and oxygen atoms in total. The molecular formula is C16H17ClN4. The number of hydrogen-bond acceptors (Lipinski definition) is 3. The second-order valence-electron chi connectivity index (χ2n) is 5.30. The third-order valence-electron chi connectivity index (χ3n) is 3.33. The molecule has 0 saturated carbocycles. The van der Waals surface area contributed by atoms with E-state index in [-0.39, 0.29) is 0 Å². The summed E-state index contributed by atoms with van der Waals surface area (Å²) in [6.45, 7) is 4.99. The van der Waals surface area contributed by atoms with E-state index in [2.05, 4.69) is 29.5 Å². The molecule has 1 aromatic heterocycles. The summed E-state index contributed by atoms with van der Waals surface area (Å²) in [6, 6.07) is 14.3. The van der Waals surface area contributed by atoms with E-state index in [1.165, 1.54) is 0 Å². The Morgan fingerprint density at radius 1 is 1.19 bits per heavy atom. The van der Waals surface area contributed by atoms with E-state index in [4.69, 9.17) is 11.6 Å². The lowest BCUT2D eigenvalue weighted by Crippen LogP contribution is -2.22. The molecule has 3 aromatic rings. The van der Waals surface area contributed by atoms with Gasteiger partial charge in [-0.05, 0) is 29.8 Å². The van der Waals surface area contributed by atoms with Gasteiger partial charge in [-0.1, -0.05) is 48.9 Å². The van der Waals surface area contributed by atoms with Crippen LogP contribution in [0.25, 0.3) is 16.7 Å². The summed E-state index contributed by atoms with van der Waals surface area (Å²) in [6.07, 6.45) is 0. The Balaban J connectivity index is 1.95. The van der Waals surface area contributed by atoms with Crippen LogP contribution in [0.2, 0.25) is 5.02 Å². The van der Waals surface area contributed by atoms with Crippen LogP contribution in [0.15, 0.2) is 42.5 Å². The van der Waals surface area contributed by atoms with Gasteiger partial charge >= 0.3 is 0 Å². The van der Waals surface area contributed by atoms with Crippen molar-refractivity contribution in [1.82, 2.24) is 20.3 Å². The van der Waals surface area contributed by atoms with Crippen molar-refractivity contribution in [2.24, 2.45) is 0 Å². The molecule has 0 aliphatic carbocycles. The fourth-order valence-corrected chi connectivity index (χ4v) is 2.43. The van der Waals surface area contributed by atoms with Gasteiger partial charge in [-0.2, -0.15) is 0 Å². The molecule has 0 unspecified atom stereocenters. The van der Waals surface area contributed by atoms with Crippen molar-refractivity contribution in [3.8, 4) is 5.69 Å². The summed E-state index contributed by atoms with van der Waals surface area (Å²) in [7, 11) is 0. The van der Waals surface area contributed by atoms with Crippen molar-refractivity contribution < 1.29 is 0 Å². The van der Waals surface area contributed by atoms with Gasteiger partial charge < -0.3 is 5.32 Å². The molecule has 5 heteroatoms. The summed E-state index contributed by atoms with van der Waals surface area (Å²) in [5.74, 6) is 0. The molecule has 0 radical (unpaired) electrons. The maximum Gasteiger partial charge on any atom is 0.113 e. The summed E-state index contributed by atoms with van der Waals surface area (Å²) >= 11 is 6.38. The number of fused-ring (bicyclic) bond motifs is 1. The summed E-state index contributed by atoms with van der Waals surface area (Å²) in [4.78, 5) is 0. The highest BCUT2D eigenvalue weighted by atomic mass is 35.5. The van der Waals surface area contributed by atoms with Crippen LogP contribution in [0.3, 0.4) is 0 Å². The fraction of sp³-hybridized carbons (Fsp3) is 0.250. The fourth-order valence-electron chi connectivity index (χ4n) is 2.19. The first-order valence-corrected chi connectivity index (χ1v) is 7.35. The van der Waals surface area contributed by atoms with Gasteiger partial charge in [0.05, 0.1) is 11.2 Å². The minimum Gasteiger partial charge on any atom is -0.310 e. The summed E-state index contributed by atoms with van der Waals surface area (Å²) in [5.41, 5.74) is 3.85. The van der Waals surface area contributed by atoms with Gasteiger partial charge in [0.1, 0.15) is 5.52 Å². The van der Waals surface area contributed by atoms with Gasteiger partial charge in [-0.3, -0.25) is 0 Å². The quantitative estimate of drug-likeness (QED) is 0.801. The molecule has 0 aliphatic rings. The molecule has 21 heavy (non-hydrogen) atoms. The average molecular weight is 301 g/mol. The molecule has 0 saturated heterocycles. The highest BCUT2D eigenvalue weighted by Crippen LogP contribution is 2.22. The first kappa shape index (κ1) is 14.0. The van der Waals surface area contributed by atoms with Gasteiger partial charge in [0.25, 0.3) is 0 Å². The van der Waals surface area contributed by atoms with Gasteiger partial charge in [0.2, 0.25) is 0 Å². The number of nitrogens with one attached hydrogen (secondary N) is 1. The lowest BCUT2D eigenvalue weighted by molar-refractivity contribution is 0.589. The molecule has 0 aliphatic heterocycles. The van der Waals surface area contributed by atoms with Crippen molar-refractivity contribution in [1.29, 1.82) is 0 Å². The zero-order chi connectivity index (χ0) is 14.8. The van der Waals surface area contributed by atoms with Crippen molar-refractivity contribution >= 4 is 22.6 Å². The van der Waals surface area contributed by atoms with E-state index in [1.54, 1.807) is 4.68 Å². The average Bonchev–Trinajstić information content (AvgIpc) is 2.89. The highest BCUT2D eigenvalue weighted by molar-refractivity contribution is 6.31. The van der Waals surface area contributed by atoms with E-state index >= 15 is 0 Å². The molecule has 3 rings (SSSR count). The maximum absolute atomic E-state index is 6.38. The minimum atomic E-state index is 0.431. The van der Waals surface area contributed by atoms with Gasteiger partial charge in [-0.15, -0.1) is 5.10 Å². The van der Waals surface area contributed by atoms with Crippen LogP contribution in [0.4, 0.5) is 0 Å². The van der Waals surface area contributed by atoms with Crippen molar-refractivity contribution in [3.63, 3.8) is 0 Å². The number of nitrogens with zero attached hydrogens (tertiary/aromatic N) is 3. The number of aromatic nitrogens is 3. The Morgan fingerprint density at radius 2 is 2.00 bits per heavy atom. The lowest BCUT2D eigenvalue weighted by atomic mass is 10.2. The number of halogens is 1. The molecule has 1 N–H and O–H groups in total. The first-order valence-electron chi connectivity index (χ1n) is 6.98. The predicted molar refractivity (Wildman–Crippen MR) is 85.9 cm³/mol. The van der Waals surface area contributed by atoms with Crippen LogP contribution in [0.5, 0.6) is 0 Å². The third kappa shape index (κ3) is 2.91. The SMILES string of the molecule is CC(C)NCc1ccc(-n2nnc3ccccc32)cc1Cl. The highest BCUT2D eigenvalue weighted by Gasteiger charge is 2.08. The molecular weight excluding hydrogens is 284 g/mol. The predicted octanol–water partition coefficient (Wildman–Crippen LogP) is 3.57. The molecule has 0 amide bonds. The van der Waals surface area contributed by atoms with Crippen LogP contribution in [0.1, 0.15) is 19.4 Å². The van der Waals surface area contributed by atoms with Gasteiger partial charge in [0.15, 0.2) is 0 Å². The number of rotatable bonds is 4. The largest absolute Gasteiger partial charge is 0.310 e. The smallest absolute Gasteiger partial charge is 0.113 e. The number of benzene rings is 2. The zero-order valence-electron chi connectivity index (χ0n) is 12.0. The van der Waals surface area contributed by atoms with Crippen LogP contribution in [-0.4, -0.2) is 21.0 Å². The molecule has 0 atom stereocenters. The Kier molecular flexibility index (Phi) is 3.90. The molecule has 0 fully saturated rings.